The van der Waals surface area contributed by atoms with Gasteiger partial charge in [-0.15, -0.1) is 0 Å². The second-order valence-electron chi connectivity index (χ2n) is 6.71. The van der Waals surface area contributed by atoms with Crippen molar-refractivity contribution >= 4 is 15.9 Å². The average molecular weight is 361 g/mol. The monoisotopic (exact) mass is 361 g/mol. The van der Waals surface area contributed by atoms with Gasteiger partial charge in [0.05, 0.1) is 4.90 Å². The highest BCUT2D eigenvalue weighted by Gasteiger charge is 2.22. The Bertz CT molecular complexity index is 811. The molecule has 1 heterocycles. The molecule has 0 unspecified atom stereocenters. The number of benzene rings is 1. The lowest BCUT2D eigenvalue weighted by Gasteiger charge is -2.20. The molecule has 1 aromatic carbocycles. The molecule has 2 rings (SSSR count). The summed E-state index contributed by atoms with van der Waals surface area (Å²) in [5.41, 5.74) is 0.744. The summed E-state index contributed by atoms with van der Waals surface area (Å²) in [6.07, 6.45) is 2.34. The van der Waals surface area contributed by atoms with E-state index in [1.165, 1.54) is 24.3 Å². The van der Waals surface area contributed by atoms with Crippen LogP contribution in [0.1, 0.15) is 36.8 Å². The standard InChI is InChI=1S/C18H23N3O3S/c1-18(2,3)21-25(23,24)16-9-7-14(8-10-16)17(22)20-13-11-15-6-4-5-12-19-15/h4-10,12,21H,11,13H2,1-3H3,(H,20,22). The summed E-state index contributed by atoms with van der Waals surface area (Å²) in [5, 5.41) is 2.80. The number of sulfonamides is 1. The molecule has 7 heteroatoms. The van der Waals surface area contributed by atoms with Gasteiger partial charge in [-0.05, 0) is 57.2 Å². The third-order valence-electron chi connectivity index (χ3n) is 3.26. The Kier molecular flexibility index (Phi) is 5.92. The molecule has 0 radical (unpaired) electrons. The Hall–Kier alpha value is -2.25. The number of hydrogen-bond donors (Lipinski definition) is 2. The van der Waals surface area contributed by atoms with E-state index in [1.807, 2.05) is 18.2 Å². The van der Waals surface area contributed by atoms with Crippen molar-refractivity contribution < 1.29 is 13.2 Å². The van der Waals surface area contributed by atoms with E-state index in [1.54, 1.807) is 27.0 Å². The van der Waals surface area contributed by atoms with E-state index in [4.69, 9.17) is 0 Å². The van der Waals surface area contributed by atoms with Gasteiger partial charge in [-0.25, -0.2) is 13.1 Å². The fourth-order valence-corrected chi connectivity index (χ4v) is 3.62. The quantitative estimate of drug-likeness (QED) is 0.825. The van der Waals surface area contributed by atoms with Crippen LogP contribution >= 0.6 is 0 Å². The van der Waals surface area contributed by atoms with Crippen LogP contribution in [0.4, 0.5) is 0 Å². The van der Waals surface area contributed by atoms with Gasteiger partial charge in [-0.1, -0.05) is 6.07 Å². The summed E-state index contributed by atoms with van der Waals surface area (Å²) in [6.45, 7) is 5.78. The van der Waals surface area contributed by atoms with Crippen molar-refractivity contribution in [1.29, 1.82) is 0 Å². The van der Waals surface area contributed by atoms with E-state index in [9.17, 15) is 13.2 Å². The number of rotatable bonds is 6. The molecule has 6 nitrogen and oxygen atoms in total. The number of aromatic nitrogens is 1. The Morgan fingerprint density at radius 1 is 1.08 bits per heavy atom. The maximum atomic E-state index is 12.2. The van der Waals surface area contributed by atoms with Gasteiger partial charge in [0, 0.05) is 36.0 Å². The van der Waals surface area contributed by atoms with E-state index in [0.717, 1.165) is 5.69 Å². The zero-order valence-corrected chi connectivity index (χ0v) is 15.4. The Balaban J connectivity index is 1.96. The van der Waals surface area contributed by atoms with Crippen molar-refractivity contribution in [3.63, 3.8) is 0 Å². The van der Waals surface area contributed by atoms with Crippen LogP contribution in [-0.4, -0.2) is 31.4 Å². The molecule has 0 atom stereocenters. The molecule has 134 valence electrons. The summed E-state index contributed by atoms with van der Waals surface area (Å²) >= 11 is 0. The van der Waals surface area contributed by atoms with Gasteiger partial charge in [0.25, 0.3) is 5.91 Å². The average Bonchev–Trinajstić information content (AvgIpc) is 2.54. The van der Waals surface area contributed by atoms with E-state index >= 15 is 0 Å². The van der Waals surface area contributed by atoms with Crippen molar-refractivity contribution in [2.24, 2.45) is 0 Å². The number of amides is 1. The second-order valence-corrected chi connectivity index (χ2v) is 8.39. The lowest BCUT2D eigenvalue weighted by molar-refractivity contribution is 0.0954. The molecule has 0 saturated heterocycles. The number of nitrogens with one attached hydrogen (secondary N) is 2. The smallest absolute Gasteiger partial charge is 0.251 e. The highest BCUT2D eigenvalue weighted by molar-refractivity contribution is 7.89. The fourth-order valence-electron chi connectivity index (χ4n) is 2.20. The summed E-state index contributed by atoms with van der Waals surface area (Å²) < 4.78 is 27.1. The second kappa shape index (κ2) is 7.76. The predicted octanol–water partition coefficient (Wildman–Crippen LogP) is 2.13. The largest absolute Gasteiger partial charge is 0.352 e. The number of hydrogen-bond acceptors (Lipinski definition) is 4. The van der Waals surface area contributed by atoms with Crippen LogP contribution in [-0.2, 0) is 16.4 Å². The Morgan fingerprint density at radius 2 is 1.76 bits per heavy atom. The van der Waals surface area contributed by atoms with Crippen LogP contribution in [0.3, 0.4) is 0 Å². The van der Waals surface area contributed by atoms with Crippen molar-refractivity contribution in [1.82, 2.24) is 15.0 Å². The number of pyridine rings is 1. The van der Waals surface area contributed by atoms with Crippen LogP contribution in [0, 0.1) is 0 Å². The maximum Gasteiger partial charge on any atom is 0.251 e. The first-order chi connectivity index (χ1) is 11.7. The van der Waals surface area contributed by atoms with Crippen LogP contribution in [0.25, 0.3) is 0 Å². The minimum absolute atomic E-state index is 0.132. The minimum Gasteiger partial charge on any atom is -0.352 e. The first-order valence-electron chi connectivity index (χ1n) is 7.99. The van der Waals surface area contributed by atoms with Gasteiger partial charge in [0.2, 0.25) is 10.0 Å². The molecule has 1 amide bonds. The number of carbonyl (C=O) groups excluding carboxylic acids is 1. The first-order valence-corrected chi connectivity index (χ1v) is 9.48. The van der Waals surface area contributed by atoms with E-state index in [2.05, 4.69) is 15.0 Å². The highest BCUT2D eigenvalue weighted by Crippen LogP contribution is 2.14. The van der Waals surface area contributed by atoms with Gasteiger partial charge in [0.1, 0.15) is 0 Å². The molecule has 2 aromatic rings. The molecule has 0 aliphatic rings. The van der Waals surface area contributed by atoms with Crippen LogP contribution < -0.4 is 10.0 Å². The number of nitrogens with zero attached hydrogens (tertiary/aromatic N) is 1. The highest BCUT2D eigenvalue weighted by atomic mass is 32.2. The van der Waals surface area contributed by atoms with Gasteiger partial charge >= 0.3 is 0 Å². The van der Waals surface area contributed by atoms with Crippen LogP contribution in [0.2, 0.25) is 0 Å². The molecule has 0 bridgehead atoms. The SMILES string of the molecule is CC(C)(C)NS(=O)(=O)c1ccc(C(=O)NCCc2ccccn2)cc1. The Morgan fingerprint density at radius 3 is 2.32 bits per heavy atom. The van der Waals surface area contributed by atoms with Crippen LogP contribution in [0.15, 0.2) is 53.6 Å². The molecule has 0 aliphatic carbocycles. The molecule has 0 spiro atoms. The molecule has 25 heavy (non-hydrogen) atoms. The summed E-state index contributed by atoms with van der Waals surface area (Å²) in [6, 6.07) is 11.5. The zero-order valence-electron chi connectivity index (χ0n) is 14.6. The van der Waals surface area contributed by atoms with Gasteiger partial charge in [0.15, 0.2) is 0 Å². The predicted molar refractivity (Wildman–Crippen MR) is 96.8 cm³/mol. The molecule has 2 N–H and O–H groups in total. The molecule has 0 saturated carbocycles. The number of carbonyl (C=O) groups is 1. The summed E-state index contributed by atoms with van der Waals surface area (Å²) in [4.78, 5) is 16.5. The van der Waals surface area contributed by atoms with Crippen molar-refractivity contribution in [2.45, 2.75) is 37.6 Å². The van der Waals surface area contributed by atoms with E-state index < -0.39 is 15.6 Å². The molecule has 0 aliphatic heterocycles. The summed E-state index contributed by atoms with van der Waals surface area (Å²) in [5.74, 6) is -0.247. The molecule has 1 aromatic heterocycles. The molecular formula is C18H23N3O3S. The van der Waals surface area contributed by atoms with E-state index in [-0.39, 0.29) is 10.8 Å². The fraction of sp³-hybridized carbons (Fsp3) is 0.333. The van der Waals surface area contributed by atoms with Gasteiger partial charge in [-0.3, -0.25) is 9.78 Å². The lowest BCUT2D eigenvalue weighted by Crippen LogP contribution is -2.40. The van der Waals surface area contributed by atoms with Gasteiger partial charge < -0.3 is 5.32 Å². The van der Waals surface area contributed by atoms with Crippen LogP contribution in [0.5, 0.6) is 0 Å². The molecule has 0 fully saturated rings. The Labute approximate surface area is 148 Å². The van der Waals surface area contributed by atoms with Crippen molar-refractivity contribution in [3.05, 3.63) is 59.9 Å². The third kappa shape index (κ3) is 5.95. The summed E-state index contributed by atoms with van der Waals surface area (Å²) in [7, 11) is -3.60. The molecular weight excluding hydrogens is 338 g/mol. The normalized spacial score (nSPS) is 12.0. The zero-order chi connectivity index (χ0) is 18.5. The van der Waals surface area contributed by atoms with Gasteiger partial charge in [-0.2, -0.15) is 0 Å². The maximum absolute atomic E-state index is 12.2. The van der Waals surface area contributed by atoms with Crippen molar-refractivity contribution in [2.75, 3.05) is 6.54 Å². The lowest BCUT2D eigenvalue weighted by atomic mass is 10.1. The third-order valence-corrected chi connectivity index (χ3v) is 5.03. The minimum atomic E-state index is -3.60. The van der Waals surface area contributed by atoms with Crippen molar-refractivity contribution in [3.8, 4) is 0 Å². The topological polar surface area (TPSA) is 88.2 Å². The first kappa shape index (κ1) is 19.1. The van der Waals surface area contributed by atoms with E-state index in [0.29, 0.717) is 18.5 Å².